The lowest BCUT2D eigenvalue weighted by Gasteiger charge is -2.28. The molecule has 84 valence electrons. The van der Waals surface area contributed by atoms with Crippen LogP contribution in [-0.4, -0.2) is 5.54 Å². The van der Waals surface area contributed by atoms with Crippen LogP contribution < -0.4 is 11.1 Å². The molecule has 2 heteroatoms. The van der Waals surface area contributed by atoms with Crippen LogP contribution in [0, 0.1) is 6.92 Å². The van der Waals surface area contributed by atoms with E-state index in [1.54, 1.807) is 0 Å². The van der Waals surface area contributed by atoms with Gasteiger partial charge in [-0.3, -0.25) is 0 Å². The molecule has 0 unspecified atom stereocenters. The molecule has 0 atom stereocenters. The highest BCUT2D eigenvalue weighted by molar-refractivity contribution is 5.60. The fraction of sp³-hybridized carbons (Fsp3) is 0.538. The minimum atomic E-state index is 0.132. The fourth-order valence-electron chi connectivity index (χ4n) is 1.83. The van der Waals surface area contributed by atoms with Crippen LogP contribution in [0.15, 0.2) is 18.2 Å². The zero-order valence-corrected chi connectivity index (χ0v) is 10.2. The van der Waals surface area contributed by atoms with E-state index < -0.39 is 0 Å². The van der Waals surface area contributed by atoms with Crippen LogP contribution in [0.2, 0.25) is 0 Å². The Balaban J connectivity index is 2.83. The van der Waals surface area contributed by atoms with Crippen molar-refractivity contribution in [3.8, 4) is 0 Å². The minimum absolute atomic E-state index is 0.132. The second-order valence-corrected chi connectivity index (χ2v) is 4.83. The molecule has 0 aromatic heterocycles. The Hall–Kier alpha value is -1.18. The Kier molecular flexibility index (Phi) is 3.61. The summed E-state index contributed by atoms with van der Waals surface area (Å²) >= 11 is 0. The van der Waals surface area contributed by atoms with E-state index in [1.807, 2.05) is 12.1 Å². The molecule has 0 amide bonds. The van der Waals surface area contributed by atoms with Crippen LogP contribution in [0.1, 0.15) is 39.2 Å². The molecule has 3 N–H and O–H groups in total. The van der Waals surface area contributed by atoms with Crippen LogP contribution in [0.3, 0.4) is 0 Å². The second kappa shape index (κ2) is 4.56. The van der Waals surface area contributed by atoms with E-state index in [-0.39, 0.29) is 5.54 Å². The average molecular weight is 206 g/mol. The van der Waals surface area contributed by atoms with Crippen molar-refractivity contribution < 1.29 is 0 Å². The standard InChI is InChI=1S/C13H22N2/c1-5-8-13(3,4)15-12-9-11(14)7-6-10(12)2/h6-7,9,15H,5,8,14H2,1-4H3. The number of aryl methyl sites for hydroxylation is 1. The number of nitrogens with two attached hydrogens (primary N) is 1. The van der Waals surface area contributed by atoms with Gasteiger partial charge in [-0.05, 0) is 44.9 Å². The van der Waals surface area contributed by atoms with Crippen molar-refractivity contribution in [2.45, 2.75) is 46.1 Å². The van der Waals surface area contributed by atoms with Gasteiger partial charge in [0.25, 0.3) is 0 Å². The number of hydrogen-bond acceptors (Lipinski definition) is 2. The molecule has 0 aliphatic carbocycles. The monoisotopic (exact) mass is 206 g/mol. The zero-order valence-electron chi connectivity index (χ0n) is 10.2. The van der Waals surface area contributed by atoms with Crippen molar-refractivity contribution in [2.24, 2.45) is 0 Å². The molecule has 15 heavy (non-hydrogen) atoms. The first-order valence-corrected chi connectivity index (χ1v) is 5.59. The van der Waals surface area contributed by atoms with Gasteiger partial charge in [0.2, 0.25) is 0 Å². The van der Waals surface area contributed by atoms with Crippen molar-refractivity contribution in [3.63, 3.8) is 0 Å². The van der Waals surface area contributed by atoms with Gasteiger partial charge in [-0.25, -0.2) is 0 Å². The van der Waals surface area contributed by atoms with Crippen LogP contribution >= 0.6 is 0 Å². The second-order valence-electron chi connectivity index (χ2n) is 4.83. The predicted molar refractivity (Wildman–Crippen MR) is 68.2 cm³/mol. The first kappa shape index (κ1) is 11.9. The summed E-state index contributed by atoms with van der Waals surface area (Å²) in [7, 11) is 0. The number of nitrogen functional groups attached to an aromatic ring is 1. The molecule has 0 aliphatic heterocycles. The van der Waals surface area contributed by atoms with E-state index in [2.05, 4.69) is 39.1 Å². The first-order chi connectivity index (χ1) is 6.94. The van der Waals surface area contributed by atoms with Crippen LogP contribution in [-0.2, 0) is 0 Å². The summed E-state index contributed by atoms with van der Waals surface area (Å²) in [5, 5.41) is 3.55. The highest BCUT2D eigenvalue weighted by Gasteiger charge is 2.16. The molecule has 0 heterocycles. The highest BCUT2D eigenvalue weighted by Crippen LogP contribution is 2.24. The molecule has 1 rings (SSSR count). The summed E-state index contributed by atoms with van der Waals surface area (Å²) in [5.41, 5.74) is 9.12. The summed E-state index contributed by atoms with van der Waals surface area (Å²) in [6, 6.07) is 6.00. The topological polar surface area (TPSA) is 38.0 Å². The van der Waals surface area contributed by atoms with Gasteiger partial charge in [0.05, 0.1) is 0 Å². The molecule has 0 saturated heterocycles. The van der Waals surface area contributed by atoms with Crippen molar-refractivity contribution >= 4 is 11.4 Å². The van der Waals surface area contributed by atoms with Gasteiger partial charge in [-0.1, -0.05) is 19.4 Å². The Morgan fingerprint density at radius 2 is 2.00 bits per heavy atom. The van der Waals surface area contributed by atoms with Gasteiger partial charge in [0.15, 0.2) is 0 Å². The van der Waals surface area contributed by atoms with Crippen molar-refractivity contribution in [1.82, 2.24) is 0 Å². The molecule has 2 nitrogen and oxygen atoms in total. The van der Waals surface area contributed by atoms with Crippen molar-refractivity contribution in [2.75, 3.05) is 11.1 Å². The third kappa shape index (κ3) is 3.46. The zero-order chi connectivity index (χ0) is 11.5. The lowest BCUT2D eigenvalue weighted by atomic mass is 9.98. The Morgan fingerprint density at radius 3 is 2.60 bits per heavy atom. The van der Waals surface area contributed by atoms with Gasteiger partial charge in [0.1, 0.15) is 0 Å². The Bertz CT molecular complexity index is 329. The van der Waals surface area contributed by atoms with Crippen LogP contribution in [0.4, 0.5) is 11.4 Å². The molecule has 0 aliphatic rings. The lowest BCUT2D eigenvalue weighted by molar-refractivity contribution is 0.511. The quantitative estimate of drug-likeness (QED) is 0.739. The molecule has 0 saturated carbocycles. The van der Waals surface area contributed by atoms with Gasteiger partial charge in [-0.15, -0.1) is 0 Å². The molecule has 0 fully saturated rings. The normalized spacial score (nSPS) is 11.5. The van der Waals surface area contributed by atoms with E-state index in [0.29, 0.717) is 0 Å². The van der Waals surface area contributed by atoms with Crippen molar-refractivity contribution in [1.29, 1.82) is 0 Å². The maximum atomic E-state index is 5.78. The van der Waals surface area contributed by atoms with E-state index in [1.165, 1.54) is 12.0 Å². The molecular formula is C13H22N2. The number of hydrogen-bond donors (Lipinski definition) is 2. The Morgan fingerprint density at radius 1 is 1.33 bits per heavy atom. The number of benzene rings is 1. The summed E-state index contributed by atoms with van der Waals surface area (Å²) < 4.78 is 0. The molecule has 1 aromatic carbocycles. The van der Waals surface area contributed by atoms with Gasteiger partial charge < -0.3 is 11.1 Å². The molecule has 0 spiro atoms. The van der Waals surface area contributed by atoms with Gasteiger partial charge in [-0.2, -0.15) is 0 Å². The summed E-state index contributed by atoms with van der Waals surface area (Å²) in [4.78, 5) is 0. The third-order valence-electron chi connectivity index (χ3n) is 2.61. The smallest absolute Gasteiger partial charge is 0.0394 e. The Labute approximate surface area is 92.9 Å². The van der Waals surface area contributed by atoms with E-state index in [0.717, 1.165) is 17.8 Å². The lowest BCUT2D eigenvalue weighted by Crippen LogP contribution is -2.30. The molecular weight excluding hydrogens is 184 g/mol. The minimum Gasteiger partial charge on any atom is -0.399 e. The van der Waals surface area contributed by atoms with Gasteiger partial charge in [0, 0.05) is 16.9 Å². The highest BCUT2D eigenvalue weighted by atomic mass is 15.0. The molecule has 1 aromatic rings. The number of rotatable bonds is 4. The summed E-state index contributed by atoms with van der Waals surface area (Å²) in [5.74, 6) is 0. The van der Waals surface area contributed by atoms with E-state index >= 15 is 0 Å². The average Bonchev–Trinajstić information content (AvgIpc) is 2.10. The van der Waals surface area contributed by atoms with Crippen LogP contribution in [0.25, 0.3) is 0 Å². The number of nitrogens with one attached hydrogen (secondary N) is 1. The van der Waals surface area contributed by atoms with E-state index in [9.17, 15) is 0 Å². The maximum Gasteiger partial charge on any atom is 0.0394 e. The summed E-state index contributed by atoms with van der Waals surface area (Å²) in [6.45, 7) is 8.75. The van der Waals surface area contributed by atoms with Crippen molar-refractivity contribution in [3.05, 3.63) is 23.8 Å². The summed E-state index contributed by atoms with van der Waals surface area (Å²) in [6.07, 6.45) is 2.34. The van der Waals surface area contributed by atoms with E-state index in [4.69, 9.17) is 5.73 Å². The first-order valence-electron chi connectivity index (χ1n) is 5.59. The molecule has 0 radical (unpaired) electrons. The largest absolute Gasteiger partial charge is 0.399 e. The SMILES string of the molecule is CCCC(C)(C)Nc1cc(N)ccc1C. The number of anilines is 2. The maximum absolute atomic E-state index is 5.78. The predicted octanol–water partition coefficient (Wildman–Crippen LogP) is 3.57. The fourth-order valence-corrected chi connectivity index (χ4v) is 1.83. The molecule has 0 bridgehead atoms. The van der Waals surface area contributed by atoms with Crippen LogP contribution in [0.5, 0.6) is 0 Å². The third-order valence-corrected chi connectivity index (χ3v) is 2.61. The van der Waals surface area contributed by atoms with Gasteiger partial charge >= 0.3 is 0 Å².